The summed E-state index contributed by atoms with van der Waals surface area (Å²) >= 11 is 0. The van der Waals surface area contributed by atoms with Crippen LogP contribution in [-0.2, 0) is 11.2 Å². The van der Waals surface area contributed by atoms with Gasteiger partial charge in [0.1, 0.15) is 11.6 Å². The lowest BCUT2D eigenvalue weighted by Gasteiger charge is -2.31. The van der Waals surface area contributed by atoms with Crippen LogP contribution in [0.25, 0.3) is 11.5 Å². The number of amides is 1. The second-order valence-electron chi connectivity index (χ2n) is 6.92. The summed E-state index contributed by atoms with van der Waals surface area (Å²) in [5.74, 6) is -0.554. The molecule has 3 aromatic rings. The molecule has 2 aromatic carbocycles. The van der Waals surface area contributed by atoms with E-state index in [1.54, 1.807) is 4.90 Å². The molecule has 1 unspecified atom stereocenters. The fourth-order valence-corrected chi connectivity index (χ4v) is 3.45. The number of likely N-dealkylation sites (tertiary alicyclic amines) is 1. The SMILES string of the molecule is O=C(Cc1ccc(F)cc1F)N1CCCC(c2noc(-c3ccccc3)n2)C1. The van der Waals surface area contributed by atoms with Crippen molar-refractivity contribution in [1.29, 1.82) is 0 Å². The summed E-state index contributed by atoms with van der Waals surface area (Å²) in [6, 6.07) is 12.8. The van der Waals surface area contributed by atoms with Gasteiger partial charge >= 0.3 is 0 Å². The summed E-state index contributed by atoms with van der Waals surface area (Å²) in [6.07, 6.45) is 1.56. The molecule has 5 nitrogen and oxygen atoms in total. The molecular formula is C21H19F2N3O2. The molecule has 1 atom stereocenters. The van der Waals surface area contributed by atoms with Gasteiger partial charge in [-0.05, 0) is 36.6 Å². The van der Waals surface area contributed by atoms with E-state index < -0.39 is 11.6 Å². The van der Waals surface area contributed by atoms with Gasteiger partial charge in [-0.1, -0.05) is 29.4 Å². The number of hydrogen-bond acceptors (Lipinski definition) is 4. The Morgan fingerprint density at radius 1 is 1.18 bits per heavy atom. The highest BCUT2D eigenvalue weighted by molar-refractivity contribution is 5.79. The summed E-state index contributed by atoms with van der Waals surface area (Å²) in [7, 11) is 0. The Bertz CT molecular complexity index is 975. The molecule has 0 saturated carbocycles. The Morgan fingerprint density at radius 3 is 2.79 bits per heavy atom. The molecule has 2 heterocycles. The third-order valence-corrected chi connectivity index (χ3v) is 4.96. The third kappa shape index (κ3) is 3.93. The number of hydrogen-bond donors (Lipinski definition) is 0. The number of halogens is 2. The normalized spacial score (nSPS) is 16.9. The molecule has 0 bridgehead atoms. The largest absolute Gasteiger partial charge is 0.342 e. The number of nitrogens with zero attached hydrogens (tertiary/aromatic N) is 3. The molecule has 1 fully saturated rings. The van der Waals surface area contributed by atoms with Gasteiger partial charge in [0, 0.05) is 30.6 Å². The summed E-state index contributed by atoms with van der Waals surface area (Å²) in [6.45, 7) is 1.05. The van der Waals surface area contributed by atoms with Crippen LogP contribution in [-0.4, -0.2) is 34.0 Å². The number of carbonyl (C=O) groups is 1. The van der Waals surface area contributed by atoms with E-state index in [9.17, 15) is 13.6 Å². The zero-order chi connectivity index (χ0) is 19.5. The number of aromatic nitrogens is 2. The maximum atomic E-state index is 13.8. The molecule has 144 valence electrons. The zero-order valence-electron chi connectivity index (χ0n) is 15.1. The van der Waals surface area contributed by atoms with Gasteiger partial charge in [-0.25, -0.2) is 8.78 Å². The molecule has 1 aromatic heterocycles. The summed E-state index contributed by atoms with van der Waals surface area (Å²) in [4.78, 5) is 18.8. The maximum Gasteiger partial charge on any atom is 0.257 e. The van der Waals surface area contributed by atoms with Crippen molar-refractivity contribution in [2.45, 2.75) is 25.2 Å². The first-order valence-corrected chi connectivity index (χ1v) is 9.21. The van der Waals surface area contributed by atoms with E-state index in [1.807, 2.05) is 30.3 Å². The van der Waals surface area contributed by atoms with Gasteiger partial charge in [-0.2, -0.15) is 4.98 Å². The van der Waals surface area contributed by atoms with Crippen LogP contribution in [0, 0.1) is 11.6 Å². The maximum absolute atomic E-state index is 13.8. The Kier molecular flexibility index (Phi) is 5.14. The lowest BCUT2D eigenvalue weighted by molar-refractivity contribution is -0.131. The minimum Gasteiger partial charge on any atom is -0.342 e. The topological polar surface area (TPSA) is 59.2 Å². The van der Waals surface area contributed by atoms with Crippen LogP contribution in [0.3, 0.4) is 0 Å². The Labute approximate surface area is 161 Å². The first-order valence-electron chi connectivity index (χ1n) is 9.21. The molecule has 1 aliphatic rings. The molecule has 0 spiro atoms. The van der Waals surface area contributed by atoms with Crippen LogP contribution >= 0.6 is 0 Å². The van der Waals surface area contributed by atoms with Crippen LogP contribution in [0.4, 0.5) is 8.78 Å². The van der Waals surface area contributed by atoms with Crippen molar-refractivity contribution in [3.63, 3.8) is 0 Å². The van der Waals surface area contributed by atoms with Gasteiger partial charge in [0.15, 0.2) is 5.82 Å². The summed E-state index contributed by atoms with van der Waals surface area (Å²) in [5.41, 5.74) is 1.04. The zero-order valence-corrected chi connectivity index (χ0v) is 15.1. The van der Waals surface area contributed by atoms with Crippen LogP contribution in [0.1, 0.15) is 30.1 Å². The molecule has 0 aliphatic carbocycles. The Morgan fingerprint density at radius 2 is 2.00 bits per heavy atom. The molecule has 1 saturated heterocycles. The fraction of sp³-hybridized carbons (Fsp3) is 0.286. The summed E-state index contributed by atoms with van der Waals surface area (Å²) < 4.78 is 32.3. The predicted octanol–water partition coefficient (Wildman–Crippen LogP) is 3.96. The van der Waals surface area contributed by atoms with Gasteiger partial charge in [-0.3, -0.25) is 4.79 Å². The van der Waals surface area contributed by atoms with E-state index in [-0.39, 0.29) is 23.8 Å². The monoisotopic (exact) mass is 383 g/mol. The average Bonchev–Trinajstić information content (AvgIpc) is 3.21. The Balaban J connectivity index is 1.44. The Hall–Kier alpha value is -3.09. The van der Waals surface area contributed by atoms with Crippen LogP contribution in [0.2, 0.25) is 0 Å². The number of piperidine rings is 1. The lowest BCUT2D eigenvalue weighted by Crippen LogP contribution is -2.40. The van der Waals surface area contributed by atoms with Crippen LogP contribution in [0.15, 0.2) is 53.1 Å². The van der Waals surface area contributed by atoms with Crippen molar-refractivity contribution in [1.82, 2.24) is 15.0 Å². The van der Waals surface area contributed by atoms with Crippen molar-refractivity contribution in [2.24, 2.45) is 0 Å². The van der Waals surface area contributed by atoms with E-state index in [0.717, 1.165) is 30.5 Å². The number of rotatable bonds is 4. The van der Waals surface area contributed by atoms with Crippen molar-refractivity contribution in [3.8, 4) is 11.5 Å². The third-order valence-electron chi connectivity index (χ3n) is 4.96. The highest BCUT2D eigenvalue weighted by Gasteiger charge is 2.28. The van der Waals surface area contributed by atoms with Gasteiger partial charge in [0.25, 0.3) is 5.89 Å². The van der Waals surface area contributed by atoms with Crippen molar-refractivity contribution >= 4 is 5.91 Å². The van der Waals surface area contributed by atoms with Gasteiger partial charge < -0.3 is 9.42 Å². The molecule has 7 heteroatoms. The van der Waals surface area contributed by atoms with E-state index >= 15 is 0 Å². The molecule has 4 rings (SSSR count). The highest BCUT2D eigenvalue weighted by atomic mass is 19.1. The minimum atomic E-state index is -0.701. The standard InChI is InChI=1S/C21H19F2N3O2/c22-17-9-8-15(18(23)12-17)11-19(27)26-10-4-7-16(13-26)20-24-21(28-25-20)14-5-2-1-3-6-14/h1-3,5-6,8-9,12,16H,4,7,10-11,13H2. The molecule has 0 N–H and O–H groups in total. The van der Waals surface area contributed by atoms with Gasteiger partial charge in [0.05, 0.1) is 6.42 Å². The van der Waals surface area contributed by atoms with Gasteiger partial charge in [0.2, 0.25) is 5.91 Å². The smallest absolute Gasteiger partial charge is 0.257 e. The number of benzene rings is 2. The van der Waals surface area contributed by atoms with Crippen molar-refractivity contribution in [2.75, 3.05) is 13.1 Å². The first kappa shape index (κ1) is 18.3. The van der Waals surface area contributed by atoms with E-state index in [2.05, 4.69) is 10.1 Å². The fourth-order valence-electron chi connectivity index (χ4n) is 3.45. The van der Waals surface area contributed by atoms with Crippen molar-refractivity contribution in [3.05, 3.63) is 71.6 Å². The van der Waals surface area contributed by atoms with Crippen LogP contribution < -0.4 is 0 Å². The second kappa shape index (κ2) is 7.88. The van der Waals surface area contributed by atoms with E-state index in [0.29, 0.717) is 24.8 Å². The first-order chi connectivity index (χ1) is 13.6. The molecular weight excluding hydrogens is 364 g/mol. The van der Waals surface area contributed by atoms with Crippen LogP contribution in [0.5, 0.6) is 0 Å². The highest BCUT2D eigenvalue weighted by Crippen LogP contribution is 2.27. The minimum absolute atomic E-state index is 0.0306. The molecule has 1 aliphatic heterocycles. The number of carbonyl (C=O) groups excluding carboxylic acids is 1. The second-order valence-corrected chi connectivity index (χ2v) is 6.92. The molecule has 28 heavy (non-hydrogen) atoms. The average molecular weight is 383 g/mol. The lowest BCUT2D eigenvalue weighted by atomic mass is 9.96. The molecule has 1 amide bonds. The molecule has 0 radical (unpaired) electrons. The quantitative estimate of drug-likeness (QED) is 0.684. The van der Waals surface area contributed by atoms with E-state index in [1.165, 1.54) is 6.07 Å². The van der Waals surface area contributed by atoms with E-state index in [4.69, 9.17) is 4.52 Å². The van der Waals surface area contributed by atoms with Gasteiger partial charge in [-0.15, -0.1) is 0 Å². The predicted molar refractivity (Wildman–Crippen MR) is 98.4 cm³/mol. The summed E-state index contributed by atoms with van der Waals surface area (Å²) in [5, 5.41) is 4.09. The van der Waals surface area contributed by atoms with Crippen molar-refractivity contribution < 1.29 is 18.1 Å².